The van der Waals surface area contributed by atoms with Crippen molar-refractivity contribution < 1.29 is 4.84 Å². The monoisotopic (exact) mass is 129 g/mol. The van der Waals surface area contributed by atoms with E-state index in [1.165, 1.54) is 20.0 Å². The summed E-state index contributed by atoms with van der Waals surface area (Å²) in [5.41, 5.74) is 0.387. The lowest BCUT2D eigenvalue weighted by Gasteiger charge is -2.26. The van der Waals surface area contributed by atoms with Crippen molar-refractivity contribution in [2.45, 2.75) is 19.8 Å². The maximum Gasteiger partial charge on any atom is 0.0555 e. The third kappa shape index (κ3) is 1.93. The maximum atomic E-state index is 7.13. The highest BCUT2D eigenvalue weighted by atomic mass is 16.7. The molecular formula is C6H13N2O-. The minimum Gasteiger partial charge on any atom is -0.584 e. The molecule has 0 bridgehead atoms. The fraction of sp³-hybridized carbons (Fsp3) is 1.00. The summed E-state index contributed by atoms with van der Waals surface area (Å²) in [7, 11) is 1.53. The zero-order valence-electron chi connectivity index (χ0n) is 5.98. The second kappa shape index (κ2) is 2.25. The smallest absolute Gasteiger partial charge is 0.0555 e. The van der Waals surface area contributed by atoms with Crippen LogP contribution in [-0.2, 0) is 4.84 Å². The highest BCUT2D eigenvalue weighted by Gasteiger charge is 2.37. The van der Waals surface area contributed by atoms with Gasteiger partial charge in [-0.2, -0.15) is 0 Å². The number of nitrogens with zero attached hydrogens (tertiary/aromatic N) is 1. The van der Waals surface area contributed by atoms with Crippen molar-refractivity contribution in [2.75, 3.05) is 13.7 Å². The Hall–Kier alpha value is -0.120. The van der Waals surface area contributed by atoms with Crippen molar-refractivity contribution in [3.8, 4) is 0 Å². The van der Waals surface area contributed by atoms with E-state index >= 15 is 0 Å². The Morgan fingerprint density at radius 3 is 2.56 bits per heavy atom. The number of rotatable bonds is 3. The second-order valence-corrected chi connectivity index (χ2v) is 3.03. The molecule has 0 aliphatic heterocycles. The van der Waals surface area contributed by atoms with Crippen LogP contribution >= 0.6 is 0 Å². The standard InChI is InChI=1S/C6H13N2O/c1-6(3-4-6)5-8(7)9-2/h7H,3-5H2,1-2H3/q-1. The van der Waals surface area contributed by atoms with Gasteiger partial charge in [-0.05, 0) is 18.3 Å². The Kier molecular flexibility index (Phi) is 1.75. The third-order valence-corrected chi connectivity index (χ3v) is 1.85. The van der Waals surface area contributed by atoms with Crippen LogP contribution in [0.5, 0.6) is 0 Å². The average Bonchev–Trinajstić information content (AvgIpc) is 2.48. The van der Waals surface area contributed by atoms with Gasteiger partial charge in [0.1, 0.15) is 0 Å². The first-order valence-electron chi connectivity index (χ1n) is 3.19. The predicted molar refractivity (Wildman–Crippen MR) is 35.4 cm³/mol. The summed E-state index contributed by atoms with van der Waals surface area (Å²) in [6, 6.07) is 0. The SMILES string of the molecule is CON([NH-])CC1(C)CC1. The molecule has 0 saturated heterocycles. The van der Waals surface area contributed by atoms with Gasteiger partial charge < -0.3 is 10.7 Å². The van der Waals surface area contributed by atoms with Crippen molar-refractivity contribution >= 4 is 0 Å². The van der Waals surface area contributed by atoms with E-state index in [4.69, 9.17) is 5.84 Å². The molecule has 1 rings (SSSR count). The molecule has 9 heavy (non-hydrogen) atoms. The highest BCUT2D eigenvalue weighted by molar-refractivity contribution is 4.90. The topological polar surface area (TPSA) is 36.3 Å². The summed E-state index contributed by atoms with van der Waals surface area (Å²) >= 11 is 0. The molecule has 1 fully saturated rings. The maximum absolute atomic E-state index is 7.13. The van der Waals surface area contributed by atoms with Gasteiger partial charge in [0.2, 0.25) is 0 Å². The molecule has 0 spiro atoms. The Bertz CT molecular complexity index is 101. The minimum absolute atomic E-state index is 0.387. The molecule has 0 amide bonds. The lowest BCUT2D eigenvalue weighted by molar-refractivity contribution is -0.0984. The molecular weight excluding hydrogens is 116 g/mol. The van der Waals surface area contributed by atoms with Crippen molar-refractivity contribution in [2.24, 2.45) is 5.41 Å². The Labute approximate surface area is 55.7 Å². The molecule has 0 heterocycles. The lowest BCUT2D eigenvalue weighted by Crippen LogP contribution is -2.20. The van der Waals surface area contributed by atoms with E-state index in [1.807, 2.05) is 0 Å². The van der Waals surface area contributed by atoms with Gasteiger partial charge in [-0.3, -0.25) is 5.17 Å². The Balaban J connectivity index is 2.17. The molecule has 0 unspecified atom stereocenters. The Morgan fingerprint density at radius 2 is 2.22 bits per heavy atom. The molecule has 0 aromatic carbocycles. The van der Waals surface area contributed by atoms with E-state index in [-0.39, 0.29) is 0 Å². The summed E-state index contributed by atoms with van der Waals surface area (Å²) in [5, 5.41) is 1.15. The first kappa shape index (κ1) is 6.99. The molecule has 3 nitrogen and oxygen atoms in total. The minimum atomic E-state index is 0.387. The molecule has 0 aromatic heterocycles. The molecule has 1 aliphatic carbocycles. The van der Waals surface area contributed by atoms with E-state index in [0.717, 1.165) is 11.7 Å². The van der Waals surface area contributed by atoms with Crippen molar-refractivity contribution in [3.63, 3.8) is 0 Å². The van der Waals surface area contributed by atoms with Gasteiger partial charge in [0, 0.05) is 6.54 Å². The molecule has 0 atom stereocenters. The molecule has 1 saturated carbocycles. The van der Waals surface area contributed by atoms with E-state index in [9.17, 15) is 0 Å². The van der Waals surface area contributed by atoms with Crippen molar-refractivity contribution in [3.05, 3.63) is 5.84 Å². The lowest BCUT2D eigenvalue weighted by atomic mass is 10.1. The van der Waals surface area contributed by atoms with Gasteiger partial charge in [0.25, 0.3) is 0 Å². The molecule has 0 radical (unpaired) electrons. The Morgan fingerprint density at radius 1 is 1.67 bits per heavy atom. The van der Waals surface area contributed by atoms with E-state index in [1.54, 1.807) is 0 Å². The summed E-state index contributed by atoms with van der Waals surface area (Å²) in [4.78, 5) is 4.67. The number of nitrogens with one attached hydrogen (secondary N) is 1. The average molecular weight is 129 g/mol. The van der Waals surface area contributed by atoms with Gasteiger partial charge in [0.15, 0.2) is 0 Å². The molecule has 54 valence electrons. The fourth-order valence-corrected chi connectivity index (χ4v) is 0.783. The molecule has 3 heteroatoms. The van der Waals surface area contributed by atoms with Crippen molar-refractivity contribution in [1.29, 1.82) is 0 Å². The third-order valence-electron chi connectivity index (χ3n) is 1.85. The van der Waals surface area contributed by atoms with Gasteiger partial charge in [-0.25, -0.2) is 0 Å². The van der Waals surface area contributed by atoms with Crippen LogP contribution in [0.15, 0.2) is 0 Å². The number of hydrogen-bond donors (Lipinski definition) is 0. The first-order valence-corrected chi connectivity index (χ1v) is 3.19. The second-order valence-electron chi connectivity index (χ2n) is 3.03. The van der Waals surface area contributed by atoms with Crippen LogP contribution in [-0.4, -0.2) is 18.8 Å². The molecule has 0 aromatic rings. The van der Waals surface area contributed by atoms with Crippen LogP contribution in [0.4, 0.5) is 0 Å². The zero-order chi connectivity index (χ0) is 6.91. The number of hydroxylamine groups is 1. The van der Waals surface area contributed by atoms with Crippen LogP contribution in [0.25, 0.3) is 5.84 Å². The van der Waals surface area contributed by atoms with Crippen LogP contribution in [0.1, 0.15) is 19.8 Å². The van der Waals surface area contributed by atoms with E-state index < -0.39 is 0 Å². The van der Waals surface area contributed by atoms with Gasteiger partial charge in [-0.1, -0.05) is 6.92 Å². The quantitative estimate of drug-likeness (QED) is 0.543. The predicted octanol–water partition coefficient (Wildman–Crippen LogP) is 1.62. The highest BCUT2D eigenvalue weighted by Crippen LogP contribution is 2.45. The summed E-state index contributed by atoms with van der Waals surface area (Å²) in [6.07, 6.45) is 2.48. The van der Waals surface area contributed by atoms with Gasteiger partial charge in [0.05, 0.1) is 7.11 Å². The van der Waals surface area contributed by atoms with Crippen LogP contribution in [0, 0.1) is 5.41 Å². The fourth-order valence-electron chi connectivity index (χ4n) is 0.783. The summed E-state index contributed by atoms with van der Waals surface area (Å²) in [5.74, 6) is 7.13. The summed E-state index contributed by atoms with van der Waals surface area (Å²) < 4.78 is 0. The number of hydrogen-bond acceptors (Lipinski definition) is 2. The van der Waals surface area contributed by atoms with Gasteiger partial charge >= 0.3 is 0 Å². The van der Waals surface area contributed by atoms with Crippen LogP contribution in [0.3, 0.4) is 0 Å². The normalized spacial score (nSPS) is 22.7. The van der Waals surface area contributed by atoms with Crippen molar-refractivity contribution in [1.82, 2.24) is 5.17 Å². The first-order chi connectivity index (χ1) is 4.16. The largest absolute Gasteiger partial charge is 0.584 e. The van der Waals surface area contributed by atoms with Gasteiger partial charge in [-0.15, -0.1) is 0 Å². The van der Waals surface area contributed by atoms with Crippen LogP contribution in [0.2, 0.25) is 0 Å². The zero-order valence-corrected chi connectivity index (χ0v) is 5.98. The molecule has 1 aliphatic rings. The van der Waals surface area contributed by atoms with E-state index in [2.05, 4.69) is 11.8 Å². The van der Waals surface area contributed by atoms with Crippen LogP contribution < -0.4 is 0 Å². The van der Waals surface area contributed by atoms with E-state index in [0.29, 0.717) is 5.41 Å². The summed E-state index contributed by atoms with van der Waals surface area (Å²) in [6.45, 7) is 2.91. The molecule has 1 N–H and O–H groups in total.